The third kappa shape index (κ3) is 1.86. The van der Waals surface area contributed by atoms with E-state index in [9.17, 15) is 0 Å². The Hall–Kier alpha value is -1.69. The molecule has 1 aromatic carbocycles. The minimum atomic E-state index is 0.462. The second-order valence-electron chi connectivity index (χ2n) is 4.35. The van der Waals surface area contributed by atoms with E-state index in [-0.39, 0.29) is 0 Å². The van der Waals surface area contributed by atoms with E-state index in [0.717, 1.165) is 15.8 Å². The first-order chi connectivity index (χ1) is 9.70. The topological polar surface area (TPSA) is 51.8 Å². The van der Waals surface area contributed by atoms with Gasteiger partial charge in [0.2, 0.25) is 0 Å². The van der Waals surface area contributed by atoms with E-state index >= 15 is 0 Å². The van der Waals surface area contributed by atoms with Crippen LogP contribution in [0, 0.1) is 0 Å². The van der Waals surface area contributed by atoms with Gasteiger partial charge in [0.25, 0.3) is 0 Å². The first-order valence-electron chi connectivity index (χ1n) is 5.91. The molecule has 2 N–H and O–H groups in total. The fourth-order valence-corrected chi connectivity index (χ4v) is 4.33. The highest BCUT2D eigenvalue weighted by Gasteiger charge is 2.11. The van der Waals surface area contributed by atoms with Gasteiger partial charge < -0.3 is 5.73 Å². The molecular weight excluding hydrogens is 310 g/mol. The summed E-state index contributed by atoms with van der Waals surface area (Å²) in [7, 11) is 0. The number of nitrogen functional groups attached to an aromatic ring is 1. The molecule has 0 fully saturated rings. The second kappa shape index (κ2) is 4.41. The summed E-state index contributed by atoms with van der Waals surface area (Å²) in [4.78, 5) is 10.0. The molecule has 4 rings (SSSR count). The largest absolute Gasteiger partial charge is 0.383 e. The van der Waals surface area contributed by atoms with Gasteiger partial charge in [0.15, 0.2) is 5.82 Å². The Morgan fingerprint density at radius 2 is 1.95 bits per heavy atom. The van der Waals surface area contributed by atoms with Crippen molar-refractivity contribution >= 4 is 60.4 Å². The van der Waals surface area contributed by atoms with Crippen molar-refractivity contribution in [2.24, 2.45) is 0 Å². The van der Waals surface area contributed by atoms with Crippen molar-refractivity contribution in [3.05, 3.63) is 40.7 Å². The van der Waals surface area contributed by atoms with Gasteiger partial charge in [0.05, 0.1) is 10.4 Å². The van der Waals surface area contributed by atoms with Crippen molar-refractivity contribution in [2.75, 3.05) is 5.73 Å². The van der Waals surface area contributed by atoms with Crippen LogP contribution in [0.5, 0.6) is 0 Å². The Morgan fingerprint density at radius 1 is 1.05 bits per heavy atom. The van der Waals surface area contributed by atoms with Crippen LogP contribution in [0.1, 0.15) is 0 Å². The van der Waals surface area contributed by atoms with Crippen LogP contribution in [0.4, 0.5) is 5.82 Å². The molecule has 0 saturated heterocycles. The van der Waals surface area contributed by atoms with Crippen molar-refractivity contribution in [3.63, 3.8) is 0 Å². The van der Waals surface area contributed by atoms with Crippen molar-refractivity contribution in [1.82, 2.24) is 9.97 Å². The van der Waals surface area contributed by atoms with Crippen molar-refractivity contribution < 1.29 is 0 Å². The van der Waals surface area contributed by atoms with Gasteiger partial charge in [-0.1, -0.05) is 11.6 Å². The molecule has 0 aliphatic carbocycles. The summed E-state index contributed by atoms with van der Waals surface area (Å²) in [6, 6.07) is 9.70. The molecular formula is C14H8ClN3S2. The molecule has 20 heavy (non-hydrogen) atoms. The number of halogens is 1. The highest BCUT2D eigenvalue weighted by Crippen LogP contribution is 2.36. The van der Waals surface area contributed by atoms with Crippen molar-refractivity contribution in [1.29, 1.82) is 0 Å². The Bertz CT molecular complexity index is 914. The summed E-state index contributed by atoms with van der Waals surface area (Å²) in [5.41, 5.74) is 6.84. The van der Waals surface area contributed by atoms with Crippen molar-refractivity contribution in [2.45, 2.75) is 0 Å². The summed E-state index contributed by atoms with van der Waals surface area (Å²) in [5, 5.41) is 3.51. The molecule has 0 atom stereocenters. The van der Waals surface area contributed by atoms with Crippen LogP contribution < -0.4 is 5.73 Å². The SMILES string of the molecule is Nc1nc(-c2cc3sccc3s2)nc2ccc(Cl)cc12. The third-order valence-corrected chi connectivity index (χ3v) is 5.37. The molecule has 4 aromatic rings. The standard InChI is InChI=1S/C14H8ClN3S2/c15-7-1-2-9-8(5-7)13(16)18-14(17-9)12-6-11-10(20-12)3-4-19-11/h1-6H,(H2,16,17,18). The minimum absolute atomic E-state index is 0.462. The number of benzene rings is 1. The van der Waals surface area contributed by atoms with E-state index in [1.807, 2.05) is 12.1 Å². The number of hydrogen-bond acceptors (Lipinski definition) is 5. The number of fused-ring (bicyclic) bond motifs is 2. The van der Waals surface area contributed by atoms with Gasteiger partial charge in [0, 0.05) is 19.8 Å². The monoisotopic (exact) mass is 317 g/mol. The number of rotatable bonds is 1. The maximum absolute atomic E-state index is 6.03. The van der Waals surface area contributed by atoms with Gasteiger partial charge in [-0.25, -0.2) is 9.97 Å². The molecule has 0 spiro atoms. The Morgan fingerprint density at radius 3 is 2.80 bits per heavy atom. The van der Waals surface area contributed by atoms with E-state index < -0.39 is 0 Å². The number of nitrogens with zero attached hydrogens (tertiary/aromatic N) is 2. The average molecular weight is 318 g/mol. The van der Waals surface area contributed by atoms with Crippen LogP contribution in [-0.2, 0) is 0 Å². The molecule has 0 amide bonds. The summed E-state index contributed by atoms with van der Waals surface area (Å²) >= 11 is 9.38. The first kappa shape index (κ1) is 12.1. The quantitative estimate of drug-likeness (QED) is 0.548. The minimum Gasteiger partial charge on any atom is -0.383 e. The summed E-state index contributed by atoms with van der Waals surface area (Å²) in [6.07, 6.45) is 0. The molecule has 3 nitrogen and oxygen atoms in total. The molecule has 0 unspecified atom stereocenters. The fourth-order valence-electron chi connectivity index (χ4n) is 2.11. The molecule has 0 aliphatic heterocycles. The third-order valence-electron chi connectivity index (χ3n) is 3.05. The lowest BCUT2D eigenvalue weighted by Crippen LogP contribution is -1.96. The van der Waals surface area contributed by atoms with Crippen LogP contribution in [0.25, 0.3) is 31.0 Å². The molecule has 0 bridgehead atoms. The zero-order valence-corrected chi connectivity index (χ0v) is 12.5. The second-order valence-corrected chi connectivity index (χ2v) is 6.82. The van der Waals surface area contributed by atoms with E-state index in [0.29, 0.717) is 16.7 Å². The van der Waals surface area contributed by atoms with E-state index in [1.165, 1.54) is 9.40 Å². The summed E-state index contributed by atoms with van der Waals surface area (Å²) in [6.45, 7) is 0. The lowest BCUT2D eigenvalue weighted by Gasteiger charge is -2.04. The molecule has 0 aliphatic rings. The fraction of sp³-hybridized carbons (Fsp3) is 0. The number of hydrogen-bond donors (Lipinski definition) is 1. The van der Waals surface area contributed by atoms with Crippen LogP contribution >= 0.6 is 34.3 Å². The normalized spacial score (nSPS) is 11.4. The average Bonchev–Trinajstić information content (AvgIpc) is 3.00. The Kier molecular flexibility index (Phi) is 2.66. The Balaban J connectivity index is 1.96. The number of anilines is 1. The predicted molar refractivity (Wildman–Crippen MR) is 87.7 cm³/mol. The summed E-state index contributed by atoms with van der Waals surface area (Å²) < 4.78 is 2.51. The maximum Gasteiger partial charge on any atom is 0.172 e. The zero-order chi connectivity index (χ0) is 13.7. The molecule has 0 radical (unpaired) electrons. The summed E-state index contributed by atoms with van der Waals surface area (Å²) in [5.74, 6) is 1.13. The lowest BCUT2D eigenvalue weighted by atomic mass is 10.2. The molecule has 98 valence electrons. The maximum atomic E-state index is 6.03. The highest BCUT2D eigenvalue weighted by atomic mass is 35.5. The van der Waals surface area contributed by atoms with E-state index in [2.05, 4.69) is 27.5 Å². The Labute approximate surface area is 127 Å². The smallest absolute Gasteiger partial charge is 0.172 e. The van der Waals surface area contributed by atoms with Crippen LogP contribution in [0.15, 0.2) is 35.7 Å². The lowest BCUT2D eigenvalue weighted by molar-refractivity contribution is 1.25. The number of thiophene rings is 2. The van der Waals surface area contributed by atoms with Gasteiger partial charge in [-0.05, 0) is 35.7 Å². The molecule has 6 heteroatoms. The van der Waals surface area contributed by atoms with Gasteiger partial charge in [0.1, 0.15) is 5.82 Å². The van der Waals surface area contributed by atoms with Gasteiger partial charge in [-0.2, -0.15) is 0 Å². The van der Waals surface area contributed by atoms with E-state index in [1.54, 1.807) is 28.7 Å². The number of nitrogens with two attached hydrogens (primary N) is 1. The highest BCUT2D eigenvalue weighted by molar-refractivity contribution is 7.28. The van der Waals surface area contributed by atoms with E-state index in [4.69, 9.17) is 17.3 Å². The van der Waals surface area contributed by atoms with Gasteiger partial charge in [-0.3, -0.25) is 0 Å². The van der Waals surface area contributed by atoms with Gasteiger partial charge >= 0.3 is 0 Å². The van der Waals surface area contributed by atoms with Crippen LogP contribution in [0.2, 0.25) is 5.02 Å². The van der Waals surface area contributed by atoms with Gasteiger partial charge in [-0.15, -0.1) is 22.7 Å². The predicted octanol–water partition coefficient (Wildman–Crippen LogP) is 4.81. The van der Waals surface area contributed by atoms with Crippen molar-refractivity contribution in [3.8, 4) is 10.7 Å². The molecule has 3 aromatic heterocycles. The molecule has 3 heterocycles. The number of aromatic nitrogens is 2. The van der Waals surface area contributed by atoms with Crippen LogP contribution in [0.3, 0.4) is 0 Å². The first-order valence-corrected chi connectivity index (χ1v) is 7.98. The zero-order valence-electron chi connectivity index (χ0n) is 10.1. The van der Waals surface area contributed by atoms with Crippen LogP contribution in [-0.4, -0.2) is 9.97 Å². The molecule has 0 saturated carbocycles.